The van der Waals surface area contributed by atoms with E-state index in [-0.39, 0.29) is 11.5 Å². The number of nitriles is 1. The first-order valence-electron chi connectivity index (χ1n) is 11.0. The van der Waals surface area contributed by atoms with Crippen molar-refractivity contribution in [2.75, 3.05) is 38.1 Å². The van der Waals surface area contributed by atoms with Crippen LogP contribution in [0.3, 0.4) is 0 Å². The monoisotopic (exact) mass is 419 g/mol. The molecular formula is C25H33N5O. The second kappa shape index (κ2) is 10.3. The van der Waals surface area contributed by atoms with E-state index in [1.807, 2.05) is 31.2 Å². The van der Waals surface area contributed by atoms with E-state index >= 15 is 0 Å². The zero-order chi connectivity index (χ0) is 22.4. The molecule has 0 saturated carbocycles. The van der Waals surface area contributed by atoms with Crippen LogP contribution in [0.5, 0.6) is 0 Å². The smallest absolute Gasteiger partial charge is 0.262 e. The molecule has 1 aromatic carbocycles. The van der Waals surface area contributed by atoms with Gasteiger partial charge in [-0.1, -0.05) is 25.1 Å². The summed E-state index contributed by atoms with van der Waals surface area (Å²) in [6, 6.07) is 12.3. The zero-order valence-corrected chi connectivity index (χ0v) is 19.1. The highest BCUT2D eigenvalue weighted by atomic mass is 16.1. The molecule has 1 N–H and O–H groups in total. The number of nitrogens with one attached hydrogen (secondary N) is 1. The Morgan fingerprint density at radius 3 is 2.58 bits per heavy atom. The molecule has 1 aromatic heterocycles. The first kappa shape index (κ1) is 22.6. The highest BCUT2D eigenvalue weighted by molar-refractivity contribution is 6.01. The molecule has 6 heteroatoms. The molecular weight excluding hydrogens is 386 g/mol. The molecule has 2 heterocycles. The van der Waals surface area contributed by atoms with Crippen molar-refractivity contribution in [2.24, 2.45) is 0 Å². The Kier molecular flexibility index (Phi) is 7.54. The Balaban J connectivity index is 1.73. The van der Waals surface area contributed by atoms with Gasteiger partial charge in [-0.25, -0.2) is 0 Å². The van der Waals surface area contributed by atoms with Crippen molar-refractivity contribution in [3.63, 3.8) is 0 Å². The molecule has 2 aromatic rings. The zero-order valence-electron chi connectivity index (χ0n) is 19.1. The van der Waals surface area contributed by atoms with Gasteiger partial charge in [-0.2, -0.15) is 5.26 Å². The Hall–Kier alpha value is -3.04. The number of para-hydroxylation sites is 1. The maximum atomic E-state index is 12.8. The summed E-state index contributed by atoms with van der Waals surface area (Å²) in [5.74, 6) is -0.337. The van der Waals surface area contributed by atoms with E-state index in [0.717, 1.165) is 67.3 Å². The van der Waals surface area contributed by atoms with Gasteiger partial charge in [0.1, 0.15) is 11.6 Å². The number of amides is 1. The quantitative estimate of drug-likeness (QED) is 0.551. The van der Waals surface area contributed by atoms with Crippen LogP contribution in [0.2, 0.25) is 0 Å². The van der Waals surface area contributed by atoms with Crippen molar-refractivity contribution in [1.29, 1.82) is 5.26 Å². The van der Waals surface area contributed by atoms with Gasteiger partial charge in [-0.15, -0.1) is 0 Å². The number of anilines is 1. The summed E-state index contributed by atoms with van der Waals surface area (Å²) in [6.07, 6.45) is 2.74. The van der Waals surface area contributed by atoms with Crippen LogP contribution < -0.4 is 10.2 Å². The molecule has 0 atom stereocenters. The normalized spacial score (nSPS) is 15.1. The second-order valence-corrected chi connectivity index (χ2v) is 8.25. The van der Waals surface area contributed by atoms with Crippen molar-refractivity contribution in [2.45, 2.75) is 40.3 Å². The van der Waals surface area contributed by atoms with Crippen molar-refractivity contribution in [1.82, 2.24) is 14.8 Å². The molecule has 0 aliphatic carbocycles. The third kappa shape index (κ3) is 5.36. The highest BCUT2D eigenvalue weighted by Gasteiger charge is 2.18. The Labute approximate surface area is 185 Å². The van der Waals surface area contributed by atoms with E-state index in [1.54, 1.807) is 6.08 Å². The van der Waals surface area contributed by atoms with Gasteiger partial charge in [0.2, 0.25) is 0 Å². The van der Waals surface area contributed by atoms with E-state index in [0.29, 0.717) is 6.54 Å². The van der Waals surface area contributed by atoms with E-state index in [4.69, 9.17) is 0 Å². The predicted octanol–water partition coefficient (Wildman–Crippen LogP) is 3.49. The number of hydrogen-bond acceptors (Lipinski definition) is 4. The van der Waals surface area contributed by atoms with Gasteiger partial charge in [0.25, 0.3) is 5.91 Å². The number of carbonyl (C=O) groups is 1. The van der Waals surface area contributed by atoms with Crippen LogP contribution >= 0.6 is 0 Å². The van der Waals surface area contributed by atoms with Crippen LogP contribution in [0.25, 0.3) is 6.08 Å². The van der Waals surface area contributed by atoms with Gasteiger partial charge in [0.05, 0.1) is 0 Å². The molecule has 1 aliphatic rings. The van der Waals surface area contributed by atoms with Gasteiger partial charge in [0, 0.05) is 56.3 Å². The van der Waals surface area contributed by atoms with Crippen molar-refractivity contribution in [3.8, 4) is 6.07 Å². The van der Waals surface area contributed by atoms with Crippen LogP contribution in [-0.2, 0) is 17.9 Å². The molecule has 1 amide bonds. The lowest BCUT2D eigenvalue weighted by molar-refractivity contribution is -0.117. The average Bonchev–Trinajstić information content (AvgIpc) is 3.04. The lowest BCUT2D eigenvalue weighted by atomic mass is 10.1. The number of hydrogen-bond donors (Lipinski definition) is 1. The molecule has 31 heavy (non-hydrogen) atoms. The largest absolute Gasteiger partial charge is 0.369 e. The molecule has 1 fully saturated rings. The number of rotatable bonds is 7. The number of aromatic nitrogens is 1. The van der Waals surface area contributed by atoms with Crippen LogP contribution in [-0.4, -0.2) is 48.6 Å². The maximum Gasteiger partial charge on any atom is 0.262 e. The summed E-state index contributed by atoms with van der Waals surface area (Å²) in [4.78, 5) is 17.5. The number of benzene rings is 1. The van der Waals surface area contributed by atoms with E-state index in [2.05, 4.69) is 52.7 Å². The summed E-state index contributed by atoms with van der Waals surface area (Å²) in [5, 5.41) is 12.6. The summed E-state index contributed by atoms with van der Waals surface area (Å²) in [7, 11) is 2.14. The average molecular weight is 420 g/mol. The summed E-state index contributed by atoms with van der Waals surface area (Å²) >= 11 is 0. The fourth-order valence-corrected chi connectivity index (χ4v) is 4.13. The van der Waals surface area contributed by atoms with Crippen molar-refractivity contribution < 1.29 is 4.79 Å². The van der Waals surface area contributed by atoms with E-state index in [1.165, 1.54) is 0 Å². The Morgan fingerprint density at radius 1 is 1.19 bits per heavy atom. The summed E-state index contributed by atoms with van der Waals surface area (Å²) < 4.78 is 2.23. The molecule has 0 unspecified atom stereocenters. The summed E-state index contributed by atoms with van der Waals surface area (Å²) in [6.45, 7) is 11.6. The SMILES string of the molecule is CCCn1c(C)cc(/C=C(/C#N)C(=O)NCc2ccccc2N2CCN(C)CC2)c1C. The fourth-order valence-electron chi connectivity index (χ4n) is 4.13. The molecule has 164 valence electrons. The minimum Gasteiger partial charge on any atom is -0.369 e. The van der Waals surface area contributed by atoms with Gasteiger partial charge in [0.15, 0.2) is 0 Å². The lowest BCUT2D eigenvalue weighted by Gasteiger charge is -2.35. The van der Waals surface area contributed by atoms with Gasteiger partial charge in [-0.3, -0.25) is 4.79 Å². The van der Waals surface area contributed by atoms with Crippen LogP contribution in [0.1, 0.15) is 35.9 Å². The van der Waals surface area contributed by atoms with Crippen LogP contribution in [0.15, 0.2) is 35.9 Å². The Morgan fingerprint density at radius 2 is 1.90 bits per heavy atom. The third-order valence-corrected chi connectivity index (χ3v) is 6.00. The van der Waals surface area contributed by atoms with E-state index < -0.39 is 0 Å². The lowest BCUT2D eigenvalue weighted by Crippen LogP contribution is -2.45. The van der Waals surface area contributed by atoms with Crippen LogP contribution in [0, 0.1) is 25.2 Å². The van der Waals surface area contributed by atoms with Gasteiger partial charge in [-0.05, 0) is 56.7 Å². The maximum absolute atomic E-state index is 12.8. The Bertz CT molecular complexity index is 990. The highest BCUT2D eigenvalue weighted by Crippen LogP contribution is 2.22. The third-order valence-electron chi connectivity index (χ3n) is 6.00. The molecule has 3 rings (SSSR count). The molecule has 0 radical (unpaired) electrons. The summed E-state index contributed by atoms with van der Waals surface area (Å²) in [5.41, 5.74) is 5.51. The first-order chi connectivity index (χ1) is 14.9. The van der Waals surface area contributed by atoms with Crippen LogP contribution in [0.4, 0.5) is 5.69 Å². The number of carbonyl (C=O) groups excluding carboxylic acids is 1. The molecule has 0 bridgehead atoms. The molecule has 1 aliphatic heterocycles. The van der Waals surface area contributed by atoms with Gasteiger partial charge < -0.3 is 19.7 Å². The molecule has 0 spiro atoms. The number of likely N-dealkylation sites (N-methyl/N-ethyl adjacent to an activating group) is 1. The molecule has 6 nitrogen and oxygen atoms in total. The fraction of sp³-hybridized carbons (Fsp3) is 0.440. The standard InChI is InChI=1S/C25H33N5O/c1-5-10-30-19(2)15-22(20(30)3)16-23(17-26)25(31)27-18-21-8-6-7-9-24(21)29-13-11-28(4)12-14-29/h6-9,15-16H,5,10-14,18H2,1-4H3,(H,27,31)/b23-16-. The predicted molar refractivity (Wildman–Crippen MR) is 126 cm³/mol. The van der Waals surface area contributed by atoms with Gasteiger partial charge >= 0.3 is 0 Å². The van der Waals surface area contributed by atoms with Crippen molar-refractivity contribution in [3.05, 3.63) is 58.4 Å². The molecule has 1 saturated heterocycles. The second-order valence-electron chi connectivity index (χ2n) is 8.25. The topological polar surface area (TPSA) is 64.3 Å². The van der Waals surface area contributed by atoms with E-state index in [9.17, 15) is 10.1 Å². The minimum atomic E-state index is -0.337. The number of aryl methyl sites for hydroxylation is 1. The first-order valence-corrected chi connectivity index (χ1v) is 11.0. The number of nitrogens with zero attached hydrogens (tertiary/aromatic N) is 4. The number of piperazine rings is 1. The minimum absolute atomic E-state index is 0.133. The van der Waals surface area contributed by atoms with Crippen molar-refractivity contribution >= 4 is 17.7 Å².